The lowest BCUT2D eigenvalue weighted by atomic mass is 10.1. The minimum Gasteiger partial charge on any atom is -0.506 e. The van der Waals surface area contributed by atoms with Crippen molar-refractivity contribution in [3.63, 3.8) is 0 Å². The Hall–Kier alpha value is -9.28. The van der Waals surface area contributed by atoms with Crippen molar-refractivity contribution in [1.82, 2.24) is 21.0 Å². The second-order valence-electron chi connectivity index (χ2n) is 16.8. The molecule has 0 fully saturated rings. The fraction of sp³-hybridized carbons (Fsp3) is 0.189. The van der Waals surface area contributed by atoms with E-state index >= 15 is 0 Å². The van der Waals surface area contributed by atoms with Gasteiger partial charge in [0.2, 0.25) is 0 Å². The summed E-state index contributed by atoms with van der Waals surface area (Å²) in [4.78, 5) is 66.5. The number of aliphatic imine (C=N–C) groups is 3. The molecule has 3 aliphatic rings. The number of para-hydroxylation sites is 1. The van der Waals surface area contributed by atoms with Crippen molar-refractivity contribution in [3.05, 3.63) is 166 Å². The summed E-state index contributed by atoms with van der Waals surface area (Å²) in [5, 5.41) is 43.7. The summed E-state index contributed by atoms with van der Waals surface area (Å²) in [7, 11) is 0. The first-order chi connectivity index (χ1) is 36.4. The van der Waals surface area contributed by atoms with E-state index < -0.39 is 23.9 Å². The van der Waals surface area contributed by atoms with Crippen molar-refractivity contribution >= 4 is 86.9 Å². The Bertz CT molecular complexity index is 3020. The molecule has 5 aromatic rings. The number of aliphatic hydroxyl groups excluding tert-OH is 1. The molecule has 0 bridgehead atoms. The number of thioether (sulfide) groups is 1. The lowest BCUT2D eigenvalue weighted by molar-refractivity contribution is -0.138. The molecule has 21 nitrogen and oxygen atoms in total. The monoisotopic (exact) mass is 1030 g/mol. The number of hydrogen-bond donors (Lipinski definition) is 11. The average Bonchev–Trinajstić information content (AvgIpc) is 4.20. The van der Waals surface area contributed by atoms with E-state index in [9.17, 15) is 29.4 Å². The van der Waals surface area contributed by atoms with Crippen LogP contribution in [0.5, 0.6) is 11.5 Å². The third-order valence-electron chi connectivity index (χ3n) is 11.1. The minimum absolute atomic E-state index is 0.0418. The number of nitrogens with zero attached hydrogens (tertiary/aromatic N) is 4. The molecule has 386 valence electrons. The summed E-state index contributed by atoms with van der Waals surface area (Å²) in [6, 6.07) is 31.4. The average molecular weight is 1030 g/mol. The van der Waals surface area contributed by atoms with Crippen molar-refractivity contribution in [2.75, 3.05) is 73.7 Å². The number of urea groups is 2. The zero-order valence-electron chi connectivity index (χ0n) is 40.7. The van der Waals surface area contributed by atoms with Crippen LogP contribution in [0, 0.1) is 0 Å². The molecular weight excluding hydrogens is 979 g/mol. The van der Waals surface area contributed by atoms with Crippen LogP contribution in [0.1, 0.15) is 40.4 Å². The second kappa shape index (κ2) is 24.9. The maximum absolute atomic E-state index is 13.6. The Kier molecular flexibility index (Phi) is 17.3. The van der Waals surface area contributed by atoms with E-state index in [-0.39, 0.29) is 76.8 Å². The van der Waals surface area contributed by atoms with E-state index in [2.05, 4.69) is 52.2 Å². The number of amides is 5. The normalized spacial score (nSPS) is 15.1. The van der Waals surface area contributed by atoms with Crippen LogP contribution >= 0.6 is 11.8 Å². The van der Waals surface area contributed by atoms with Crippen molar-refractivity contribution in [2.45, 2.75) is 13.3 Å². The fourth-order valence-corrected chi connectivity index (χ4v) is 8.68. The molecule has 0 spiro atoms. The van der Waals surface area contributed by atoms with Crippen LogP contribution in [-0.2, 0) is 9.53 Å². The van der Waals surface area contributed by atoms with Crippen molar-refractivity contribution < 1.29 is 38.9 Å². The van der Waals surface area contributed by atoms with Gasteiger partial charge in [-0.05, 0) is 110 Å². The molecule has 0 aromatic heterocycles. The summed E-state index contributed by atoms with van der Waals surface area (Å²) in [6.07, 6.45) is 3.50. The standard InChI is InChI=1S/C53H55N13O8S/c1-2-73-51(70)45-46(68)44(75-50(45)61-37-7-4-3-5-8-37)26-32-9-18-43(42(67)25-32)74-24-6-23-66(55)31-36(54)30-60-49(69)35-27-40(64-52(71)62-38-14-10-33(11-15-38)47-56-19-20-57-47)29-41(28-35)65-53(72)63-39-16-12-34(13-17-39)48-58-21-22-59-48/h3-5,7-18,25-29,31,67-68H,2,6,19-24,30,54-55H2,1H3,(H,56,57)(H,58,59)(H,60,69)(H2,62,64,71)(H2,63,65,72)/b36-31-,44-26-,61-50?. The van der Waals surface area contributed by atoms with Gasteiger partial charge in [-0.2, -0.15) is 0 Å². The highest BCUT2D eigenvalue weighted by Gasteiger charge is 2.33. The van der Waals surface area contributed by atoms with Crippen LogP contribution in [0.15, 0.2) is 158 Å². The fourth-order valence-electron chi connectivity index (χ4n) is 7.64. The van der Waals surface area contributed by atoms with Crippen LogP contribution < -0.4 is 53.5 Å². The summed E-state index contributed by atoms with van der Waals surface area (Å²) in [5.74, 6) is 6.31. The minimum atomic E-state index is -0.699. The van der Waals surface area contributed by atoms with Crippen molar-refractivity contribution in [1.29, 1.82) is 0 Å². The Labute approximate surface area is 435 Å². The SMILES string of the molecule is CCOC(=O)C1=C(O)/C(=C/c2ccc(OCCCN(N)/C=C(\N)CNC(=O)c3cc(NC(=O)Nc4ccc(C5=NCCN5)cc4)cc(NC(=O)Nc4ccc(C5=NCCN5)cc4)c3)c(O)c2)SC1=Nc1ccccc1. The molecule has 0 saturated heterocycles. The molecule has 0 aliphatic carbocycles. The Morgan fingerprint density at radius 2 is 1.39 bits per heavy atom. The topological polar surface area (TPSA) is 304 Å². The number of aliphatic hydroxyl groups is 1. The van der Waals surface area contributed by atoms with E-state index in [1.54, 1.807) is 61.5 Å². The molecule has 75 heavy (non-hydrogen) atoms. The number of esters is 1. The number of nitrogens with one attached hydrogen (secondary N) is 7. The number of benzene rings is 5. The molecule has 3 aliphatic heterocycles. The van der Waals surface area contributed by atoms with E-state index in [1.807, 2.05) is 42.5 Å². The van der Waals surface area contributed by atoms with Crippen molar-refractivity contribution in [3.8, 4) is 11.5 Å². The molecule has 3 heterocycles. The van der Waals surface area contributed by atoms with E-state index in [0.717, 1.165) is 47.6 Å². The Morgan fingerprint density at radius 1 is 0.787 bits per heavy atom. The van der Waals surface area contributed by atoms with Gasteiger partial charge in [-0.3, -0.25) is 14.8 Å². The van der Waals surface area contributed by atoms with Gasteiger partial charge in [0.1, 0.15) is 28.0 Å². The number of anilines is 4. The van der Waals surface area contributed by atoms with Crippen molar-refractivity contribution in [2.24, 2.45) is 26.6 Å². The third-order valence-corrected chi connectivity index (χ3v) is 12.2. The summed E-state index contributed by atoms with van der Waals surface area (Å²) >= 11 is 1.10. The molecule has 0 radical (unpaired) electrons. The number of rotatable bonds is 19. The molecule has 5 aromatic carbocycles. The quantitative estimate of drug-likeness (QED) is 0.0177. The predicted molar refractivity (Wildman–Crippen MR) is 293 cm³/mol. The number of hydrazine groups is 1. The number of hydrogen-bond acceptors (Lipinski definition) is 17. The maximum Gasteiger partial charge on any atom is 0.344 e. The lowest BCUT2D eigenvalue weighted by Gasteiger charge is -2.16. The van der Waals surface area contributed by atoms with Crippen LogP contribution in [-0.4, -0.2) is 108 Å². The molecule has 22 heteroatoms. The summed E-state index contributed by atoms with van der Waals surface area (Å²) in [6.45, 7) is 5.07. The summed E-state index contributed by atoms with van der Waals surface area (Å²) in [5.41, 5.74) is 10.9. The van der Waals surface area contributed by atoms with Gasteiger partial charge in [0.25, 0.3) is 5.91 Å². The van der Waals surface area contributed by atoms with Gasteiger partial charge < -0.3 is 67.6 Å². The first kappa shape index (κ1) is 52.1. The molecule has 0 unspecified atom stereocenters. The maximum atomic E-state index is 13.6. The smallest absolute Gasteiger partial charge is 0.344 e. The van der Waals surface area contributed by atoms with Gasteiger partial charge in [0.15, 0.2) is 11.5 Å². The molecule has 8 rings (SSSR count). The first-order valence-corrected chi connectivity index (χ1v) is 24.6. The number of phenolic OH excluding ortho intramolecular Hbond substituents is 1. The number of ether oxygens (including phenoxy) is 2. The molecule has 13 N–H and O–H groups in total. The van der Waals surface area contributed by atoms with Gasteiger partial charge >= 0.3 is 18.0 Å². The zero-order valence-corrected chi connectivity index (χ0v) is 41.5. The van der Waals surface area contributed by atoms with E-state index in [1.165, 1.54) is 35.5 Å². The van der Waals surface area contributed by atoms with Gasteiger partial charge in [-0.15, -0.1) is 0 Å². The summed E-state index contributed by atoms with van der Waals surface area (Å²) < 4.78 is 11.0. The molecule has 0 saturated carbocycles. The molecule has 0 atom stereocenters. The van der Waals surface area contributed by atoms with Crippen LogP contribution in [0.3, 0.4) is 0 Å². The van der Waals surface area contributed by atoms with Gasteiger partial charge in [-0.1, -0.05) is 36.0 Å². The first-order valence-electron chi connectivity index (χ1n) is 23.8. The number of phenols is 1. The largest absolute Gasteiger partial charge is 0.506 e. The zero-order chi connectivity index (χ0) is 52.7. The number of nitrogens with two attached hydrogens (primary N) is 2. The van der Waals surface area contributed by atoms with E-state index in [0.29, 0.717) is 47.0 Å². The molecule has 5 amide bonds. The highest BCUT2D eigenvalue weighted by atomic mass is 32.2. The Morgan fingerprint density at radius 3 is 1.95 bits per heavy atom. The van der Waals surface area contributed by atoms with Crippen LogP contribution in [0.25, 0.3) is 6.08 Å². The number of carbonyl (C=O) groups excluding carboxylic acids is 4. The highest BCUT2D eigenvalue weighted by Crippen LogP contribution is 2.41. The van der Waals surface area contributed by atoms with Gasteiger partial charge in [0.05, 0.1) is 43.4 Å². The van der Waals surface area contributed by atoms with Gasteiger partial charge in [-0.25, -0.2) is 25.2 Å². The highest BCUT2D eigenvalue weighted by molar-refractivity contribution is 8.18. The third kappa shape index (κ3) is 14.5. The number of amidine groups is 2. The molecular formula is C53H55N13O8S. The number of aromatic hydroxyl groups is 1. The lowest BCUT2D eigenvalue weighted by Crippen LogP contribution is -2.32. The number of carbonyl (C=O) groups is 4. The van der Waals surface area contributed by atoms with E-state index in [4.69, 9.17) is 21.1 Å². The second-order valence-corrected chi connectivity index (χ2v) is 17.8. The van der Waals surface area contributed by atoms with Gasteiger partial charge in [0, 0.05) is 77.4 Å². The van der Waals surface area contributed by atoms with Crippen LogP contribution in [0.4, 0.5) is 38.0 Å². The Balaban J connectivity index is 0.846. The predicted octanol–water partition coefficient (Wildman–Crippen LogP) is 6.75. The van der Waals surface area contributed by atoms with Crippen LogP contribution in [0.2, 0.25) is 0 Å².